The first-order valence-electron chi connectivity index (χ1n) is 4.21. The van der Waals surface area contributed by atoms with Crippen LogP contribution in [-0.2, 0) is 14.6 Å². The number of hydrogen-bond donors (Lipinski definition) is 1. The molecule has 0 fully saturated rings. The summed E-state index contributed by atoms with van der Waals surface area (Å²) in [4.78, 5) is 20.5. The Morgan fingerprint density at radius 2 is 1.62 bits per heavy atom. The third kappa shape index (κ3) is 7.74. The zero-order valence-electron chi connectivity index (χ0n) is 8.88. The van der Waals surface area contributed by atoms with Gasteiger partial charge in [0.15, 0.2) is 0 Å². The Balaban J connectivity index is 3.96. The maximum absolute atomic E-state index is 10.4. The van der Waals surface area contributed by atoms with E-state index in [2.05, 4.69) is 0 Å². The molecule has 0 radical (unpaired) electrons. The van der Waals surface area contributed by atoms with Crippen molar-refractivity contribution >= 4 is 5.97 Å². The van der Waals surface area contributed by atoms with Crippen molar-refractivity contribution < 1.29 is 19.7 Å². The van der Waals surface area contributed by atoms with Gasteiger partial charge in [-0.05, 0) is 34.6 Å². The van der Waals surface area contributed by atoms with Crippen LogP contribution in [0.5, 0.6) is 0 Å². The highest BCUT2D eigenvalue weighted by atomic mass is 17.2. The van der Waals surface area contributed by atoms with E-state index in [9.17, 15) is 4.79 Å². The number of hydrogen-bond acceptors (Lipinski definition) is 3. The maximum atomic E-state index is 10.4. The molecule has 0 bridgehead atoms. The smallest absolute Gasteiger partial charge is 0.306 e. The van der Waals surface area contributed by atoms with Gasteiger partial charge >= 0.3 is 5.97 Å². The Hall–Kier alpha value is -0.610. The molecule has 0 spiro atoms. The van der Waals surface area contributed by atoms with Crippen molar-refractivity contribution in [3.8, 4) is 0 Å². The predicted molar refractivity (Wildman–Crippen MR) is 48.3 cm³/mol. The number of aliphatic carboxylic acids is 1. The molecule has 0 rings (SSSR count). The van der Waals surface area contributed by atoms with Gasteiger partial charge in [0.25, 0.3) is 0 Å². The quantitative estimate of drug-likeness (QED) is 0.544. The van der Waals surface area contributed by atoms with Crippen molar-refractivity contribution in [2.75, 3.05) is 0 Å². The van der Waals surface area contributed by atoms with E-state index in [1.54, 1.807) is 13.8 Å². The van der Waals surface area contributed by atoms with Crippen LogP contribution < -0.4 is 0 Å². The van der Waals surface area contributed by atoms with Gasteiger partial charge in [0.2, 0.25) is 0 Å². The summed E-state index contributed by atoms with van der Waals surface area (Å²) in [5.41, 5.74) is -1.21. The Kier molecular flexibility index (Phi) is 3.88. The molecule has 0 saturated heterocycles. The van der Waals surface area contributed by atoms with Crippen molar-refractivity contribution in [2.24, 2.45) is 0 Å². The third-order valence-electron chi connectivity index (χ3n) is 1.09. The second-order valence-electron chi connectivity index (χ2n) is 4.61. The first kappa shape index (κ1) is 12.4. The summed E-state index contributed by atoms with van der Waals surface area (Å²) in [5.74, 6) is -0.900. The zero-order chi connectivity index (χ0) is 10.7. The van der Waals surface area contributed by atoms with Crippen LogP contribution in [-0.4, -0.2) is 22.3 Å². The topological polar surface area (TPSA) is 55.8 Å². The average molecular weight is 190 g/mol. The molecule has 78 valence electrons. The molecule has 0 aliphatic carbocycles. The summed E-state index contributed by atoms with van der Waals surface area (Å²) in [7, 11) is 0. The van der Waals surface area contributed by atoms with Crippen LogP contribution in [0.3, 0.4) is 0 Å². The van der Waals surface area contributed by atoms with Crippen molar-refractivity contribution in [2.45, 2.75) is 52.2 Å². The normalized spacial score (nSPS) is 13.0. The van der Waals surface area contributed by atoms with E-state index in [0.717, 1.165) is 0 Å². The first-order valence-corrected chi connectivity index (χ1v) is 4.21. The molecule has 13 heavy (non-hydrogen) atoms. The number of carbonyl (C=O) groups is 1. The second-order valence-corrected chi connectivity index (χ2v) is 4.61. The molecule has 0 unspecified atom stereocenters. The molecule has 0 aromatic heterocycles. The molecule has 0 atom stereocenters. The van der Waals surface area contributed by atoms with Gasteiger partial charge in [0.1, 0.15) is 5.60 Å². The Bertz CT molecular complexity index is 179. The van der Waals surface area contributed by atoms with Crippen LogP contribution in [0.1, 0.15) is 41.0 Å². The standard InChI is InChI=1S/C9H18O4/c1-8(2,3)12-13-9(4,5)6-7(10)11/h6H2,1-5H3,(H,10,11). The Labute approximate surface area is 78.8 Å². The molecular weight excluding hydrogens is 172 g/mol. The van der Waals surface area contributed by atoms with E-state index >= 15 is 0 Å². The molecule has 1 N–H and O–H groups in total. The minimum Gasteiger partial charge on any atom is -0.481 e. The average Bonchev–Trinajstić information content (AvgIpc) is 1.79. The van der Waals surface area contributed by atoms with Gasteiger partial charge in [-0.1, -0.05) is 0 Å². The minimum atomic E-state index is -0.900. The fourth-order valence-electron chi connectivity index (χ4n) is 0.631. The van der Waals surface area contributed by atoms with Gasteiger partial charge < -0.3 is 5.11 Å². The lowest BCUT2D eigenvalue weighted by Gasteiger charge is -2.27. The van der Waals surface area contributed by atoms with Crippen LogP contribution in [0.2, 0.25) is 0 Å². The van der Waals surface area contributed by atoms with E-state index < -0.39 is 17.2 Å². The van der Waals surface area contributed by atoms with Gasteiger partial charge in [-0.15, -0.1) is 0 Å². The van der Waals surface area contributed by atoms with Crippen molar-refractivity contribution in [1.82, 2.24) is 0 Å². The first-order chi connectivity index (χ1) is 5.62. The van der Waals surface area contributed by atoms with Crippen LogP contribution in [0.4, 0.5) is 0 Å². The molecule has 0 aromatic rings. The van der Waals surface area contributed by atoms with E-state index in [1.165, 1.54) is 0 Å². The summed E-state index contributed by atoms with van der Waals surface area (Å²) in [6, 6.07) is 0. The predicted octanol–water partition coefficient (Wildman–Crippen LogP) is 1.99. The molecular formula is C9H18O4. The molecule has 0 saturated carbocycles. The molecule has 4 heteroatoms. The maximum Gasteiger partial charge on any atom is 0.306 e. The summed E-state index contributed by atoms with van der Waals surface area (Å²) < 4.78 is 0. The zero-order valence-corrected chi connectivity index (χ0v) is 8.88. The SMILES string of the molecule is CC(C)(C)OOC(C)(C)CC(=O)O. The summed E-state index contributed by atoms with van der Waals surface area (Å²) >= 11 is 0. The van der Waals surface area contributed by atoms with Crippen LogP contribution in [0.25, 0.3) is 0 Å². The summed E-state index contributed by atoms with van der Waals surface area (Å²) in [6.45, 7) is 8.86. The van der Waals surface area contributed by atoms with Crippen molar-refractivity contribution in [3.63, 3.8) is 0 Å². The molecule has 0 amide bonds. The lowest BCUT2D eigenvalue weighted by molar-refractivity contribution is -0.396. The van der Waals surface area contributed by atoms with Crippen molar-refractivity contribution in [3.05, 3.63) is 0 Å². The molecule has 0 aliphatic rings. The van der Waals surface area contributed by atoms with Gasteiger partial charge in [-0.2, -0.15) is 0 Å². The highest BCUT2D eigenvalue weighted by Crippen LogP contribution is 2.19. The fourth-order valence-corrected chi connectivity index (χ4v) is 0.631. The van der Waals surface area contributed by atoms with Gasteiger partial charge in [0.05, 0.1) is 12.0 Å². The molecule has 0 aliphatic heterocycles. The lowest BCUT2D eigenvalue weighted by Crippen LogP contribution is -2.32. The highest BCUT2D eigenvalue weighted by molar-refractivity contribution is 5.67. The second kappa shape index (κ2) is 4.07. The molecule has 0 heterocycles. The largest absolute Gasteiger partial charge is 0.481 e. The lowest BCUT2D eigenvalue weighted by atomic mass is 10.1. The number of carboxylic acid groups (broad SMARTS) is 1. The van der Waals surface area contributed by atoms with E-state index in [0.29, 0.717) is 0 Å². The third-order valence-corrected chi connectivity index (χ3v) is 1.09. The fraction of sp³-hybridized carbons (Fsp3) is 0.889. The van der Waals surface area contributed by atoms with Crippen molar-refractivity contribution in [1.29, 1.82) is 0 Å². The summed E-state index contributed by atoms with van der Waals surface area (Å²) in [5, 5.41) is 8.54. The Morgan fingerprint density at radius 3 is 1.92 bits per heavy atom. The molecule has 0 aromatic carbocycles. The van der Waals surface area contributed by atoms with Crippen LogP contribution in [0.15, 0.2) is 0 Å². The Morgan fingerprint density at radius 1 is 1.15 bits per heavy atom. The number of rotatable bonds is 4. The van der Waals surface area contributed by atoms with E-state index in [4.69, 9.17) is 14.9 Å². The van der Waals surface area contributed by atoms with Crippen LogP contribution >= 0.6 is 0 Å². The van der Waals surface area contributed by atoms with Gasteiger partial charge in [0, 0.05) is 0 Å². The van der Waals surface area contributed by atoms with Gasteiger partial charge in [-0.25, -0.2) is 9.78 Å². The number of carboxylic acids is 1. The van der Waals surface area contributed by atoms with E-state index in [-0.39, 0.29) is 6.42 Å². The monoisotopic (exact) mass is 190 g/mol. The summed E-state index contributed by atoms with van der Waals surface area (Å²) in [6.07, 6.45) is -0.0803. The van der Waals surface area contributed by atoms with E-state index in [1.807, 2.05) is 20.8 Å². The highest BCUT2D eigenvalue weighted by Gasteiger charge is 2.26. The minimum absolute atomic E-state index is 0.0803. The van der Waals surface area contributed by atoms with Crippen LogP contribution in [0, 0.1) is 0 Å². The van der Waals surface area contributed by atoms with Gasteiger partial charge in [-0.3, -0.25) is 4.79 Å². The molecule has 4 nitrogen and oxygen atoms in total.